The zero-order valence-electron chi connectivity index (χ0n) is 7.12. The van der Waals surface area contributed by atoms with Crippen molar-refractivity contribution in [2.75, 3.05) is 20.2 Å². The monoisotopic (exact) mass is 157 g/mol. The number of hydrogen-bond donors (Lipinski definition) is 0. The van der Waals surface area contributed by atoms with Crippen LogP contribution in [0.4, 0.5) is 0 Å². The second-order valence-electron chi connectivity index (χ2n) is 2.92. The van der Waals surface area contributed by atoms with Gasteiger partial charge in [0.15, 0.2) is 0 Å². The summed E-state index contributed by atoms with van der Waals surface area (Å²) in [5.41, 5.74) is 0. The minimum atomic E-state index is 0.112. The highest BCUT2D eigenvalue weighted by Gasteiger charge is 2.30. The molecule has 1 saturated heterocycles. The number of ether oxygens (including phenoxy) is 1. The van der Waals surface area contributed by atoms with Gasteiger partial charge in [-0.2, -0.15) is 0 Å². The molecule has 0 aromatic rings. The topological polar surface area (TPSA) is 29.5 Å². The Labute approximate surface area is 67.3 Å². The molecule has 1 atom stereocenters. The summed E-state index contributed by atoms with van der Waals surface area (Å²) in [5, 5.41) is 0. The maximum Gasteiger partial charge on any atom is 0.137 e. The van der Waals surface area contributed by atoms with E-state index in [1.807, 2.05) is 6.92 Å². The Morgan fingerprint density at radius 1 is 1.73 bits per heavy atom. The summed E-state index contributed by atoms with van der Waals surface area (Å²) in [7, 11) is 1.71. The molecule has 0 aromatic heterocycles. The Hall–Kier alpha value is -0.410. The number of nitrogens with zero attached hydrogens (tertiary/aromatic N) is 1. The molecule has 0 N–H and O–H groups in total. The van der Waals surface area contributed by atoms with E-state index in [0.29, 0.717) is 6.10 Å². The minimum absolute atomic E-state index is 0.112. The van der Waals surface area contributed by atoms with E-state index in [4.69, 9.17) is 4.74 Å². The Morgan fingerprint density at radius 3 is 2.73 bits per heavy atom. The molecule has 0 bridgehead atoms. The van der Waals surface area contributed by atoms with E-state index < -0.39 is 0 Å². The van der Waals surface area contributed by atoms with Crippen molar-refractivity contribution in [1.82, 2.24) is 4.90 Å². The van der Waals surface area contributed by atoms with Crippen LogP contribution in [0.15, 0.2) is 0 Å². The van der Waals surface area contributed by atoms with Crippen LogP contribution in [0.3, 0.4) is 0 Å². The van der Waals surface area contributed by atoms with Gasteiger partial charge in [-0.05, 0) is 6.42 Å². The average Bonchev–Trinajstić information content (AvgIpc) is 1.95. The number of rotatable bonds is 4. The lowest BCUT2D eigenvalue weighted by atomic mass is 10.1. The summed E-state index contributed by atoms with van der Waals surface area (Å²) in [6, 6.07) is 0.112. The molecular weight excluding hydrogens is 142 g/mol. The van der Waals surface area contributed by atoms with E-state index in [-0.39, 0.29) is 6.04 Å². The van der Waals surface area contributed by atoms with Crippen LogP contribution in [0.5, 0.6) is 0 Å². The highest BCUT2D eigenvalue weighted by Crippen LogP contribution is 2.14. The van der Waals surface area contributed by atoms with Crippen molar-refractivity contribution in [3.8, 4) is 0 Å². The van der Waals surface area contributed by atoms with Crippen LogP contribution in [0.2, 0.25) is 0 Å². The molecule has 1 unspecified atom stereocenters. The molecule has 0 spiro atoms. The predicted octanol–water partition coefficient (Wildman–Crippen LogP) is 0.294. The summed E-state index contributed by atoms with van der Waals surface area (Å²) < 4.78 is 5.10. The van der Waals surface area contributed by atoms with E-state index in [9.17, 15) is 4.79 Å². The third-order valence-electron chi connectivity index (χ3n) is 2.25. The van der Waals surface area contributed by atoms with Gasteiger partial charge in [-0.1, -0.05) is 6.92 Å². The van der Waals surface area contributed by atoms with Crippen LogP contribution in [-0.4, -0.2) is 43.5 Å². The Morgan fingerprint density at radius 2 is 2.36 bits per heavy atom. The summed E-state index contributed by atoms with van der Waals surface area (Å²) in [6.07, 6.45) is 2.27. The number of likely N-dealkylation sites (tertiary alicyclic amines) is 1. The first-order valence-electron chi connectivity index (χ1n) is 4.04. The normalized spacial score (nSPS) is 22.7. The third kappa shape index (κ3) is 1.79. The first-order chi connectivity index (χ1) is 5.31. The Balaban J connectivity index is 2.24. The fraction of sp³-hybridized carbons (Fsp3) is 0.875. The molecule has 11 heavy (non-hydrogen) atoms. The van der Waals surface area contributed by atoms with Crippen LogP contribution in [-0.2, 0) is 9.53 Å². The van der Waals surface area contributed by atoms with E-state index in [1.165, 1.54) is 0 Å². The fourth-order valence-corrected chi connectivity index (χ4v) is 1.33. The number of hydrogen-bond acceptors (Lipinski definition) is 3. The molecular formula is C8H15NO2. The van der Waals surface area contributed by atoms with Crippen LogP contribution in [0, 0.1) is 0 Å². The zero-order valence-corrected chi connectivity index (χ0v) is 7.12. The summed E-state index contributed by atoms with van der Waals surface area (Å²) in [4.78, 5) is 12.6. The van der Waals surface area contributed by atoms with Gasteiger partial charge in [0.25, 0.3) is 0 Å². The smallest absolute Gasteiger partial charge is 0.137 e. The number of carbonyl (C=O) groups excluding carboxylic acids is 1. The highest BCUT2D eigenvalue weighted by molar-refractivity contribution is 5.57. The van der Waals surface area contributed by atoms with Gasteiger partial charge in [-0.3, -0.25) is 4.90 Å². The van der Waals surface area contributed by atoms with Crippen molar-refractivity contribution < 1.29 is 9.53 Å². The van der Waals surface area contributed by atoms with Crippen LogP contribution < -0.4 is 0 Å². The molecule has 1 fully saturated rings. The molecule has 64 valence electrons. The van der Waals surface area contributed by atoms with Crippen molar-refractivity contribution in [2.24, 2.45) is 0 Å². The third-order valence-corrected chi connectivity index (χ3v) is 2.25. The summed E-state index contributed by atoms with van der Waals surface area (Å²) >= 11 is 0. The lowest BCUT2D eigenvalue weighted by Gasteiger charge is -2.41. The Kier molecular flexibility index (Phi) is 3.02. The van der Waals surface area contributed by atoms with Crippen molar-refractivity contribution in [3.05, 3.63) is 0 Å². The van der Waals surface area contributed by atoms with Crippen molar-refractivity contribution in [3.63, 3.8) is 0 Å². The molecule has 1 aliphatic rings. The average molecular weight is 157 g/mol. The van der Waals surface area contributed by atoms with Gasteiger partial charge in [-0.15, -0.1) is 0 Å². The molecule has 3 nitrogen and oxygen atoms in total. The maximum atomic E-state index is 10.5. The van der Waals surface area contributed by atoms with Gasteiger partial charge in [0.1, 0.15) is 6.29 Å². The van der Waals surface area contributed by atoms with Gasteiger partial charge in [0, 0.05) is 20.2 Å². The molecule has 1 heterocycles. The van der Waals surface area contributed by atoms with Gasteiger partial charge in [0.05, 0.1) is 12.1 Å². The molecule has 0 radical (unpaired) electrons. The van der Waals surface area contributed by atoms with Gasteiger partial charge in [0.2, 0.25) is 0 Å². The first kappa shape index (κ1) is 8.68. The SMILES string of the molecule is CCC(C=O)N1CC(OC)C1. The number of methoxy groups -OCH3 is 1. The Bertz CT molecular complexity index is 132. The minimum Gasteiger partial charge on any atom is -0.379 e. The molecule has 0 aromatic carbocycles. The van der Waals surface area contributed by atoms with Crippen molar-refractivity contribution in [1.29, 1.82) is 0 Å². The quantitative estimate of drug-likeness (QED) is 0.549. The second-order valence-corrected chi connectivity index (χ2v) is 2.92. The van der Waals surface area contributed by atoms with Crippen LogP contribution >= 0.6 is 0 Å². The summed E-state index contributed by atoms with van der Waals surface area (Å²) in [5.74, 6) is 0. The van der Waals surface area contributed by atoms with Crippen molar-refractivity contribution >= 4 is 6.29 Å². The van der Waals surface area contributed by atoms with Gasteiger partial charge in [-0.25, -0.2) is 0 Å². The van der Waals surface area contributed by atoms with E-state index in [1.54, 1.807) is 7.11 Å². The molecule has 0 amide bonds. The molecule has 0 aliphatic carbocycles. The molecule has 1 rings (SSSR count). The summed E-state index contributed by atoms with van der Waals surface area (Å²) in [6.45, 7) is 3.85. The fourth-order valence-electron chi connectivity index (χ4n) is 1.33. The second kappa shape index (κ2) is 3.83. The molecule has 1 aliphatic heterocycles. The van der Waals surface area contributed by atoms with Crippen LogP contribution in [0.25, 0.3) is 0 Å². The van der Waals surface area contributed by atoms with Gasteiger partial charge >= 0.3 is 0 Å². The number of carbonyl (C=O) groups is 1. The maximum absolute atomic E-state index is 10.5. The van der Waals surface area contributed by atoms with Crippen molar-refractivity contribution in [2.45, 2.75) is 25.5 Å². The largest absolute Gasteiger partial charge is 0.379 e. The zero-order chi connectivity index (χ0) is 8.27. The standard InChI is InChI=1S/C8H15NO2/c1-3-7(6-10)9-4-8(5-9)11-2/h6-8H,3-5H2,1-2H3. The predicted molar refractivity (Wildman–Crippen MR) is 42.5 cm³/mol. The lowest BCUT2D eigenvalue weighted by Crippen LogP contribution is -2.56. The van der Waals surface area contributed by atoms with E-state index in [0.717, 1.165) is 25.8 Å². The van der Waals surface area contributed by atoms with Gasteiger partial charge < -0.3 is 9.53 Å². The molecule has 3 heteroatoms. The van der Waals surface area contributed by atoms with Crippen LogP contribution in [0.1, 0.15) is 13.3 Å². The first-order valence-corrected chi connectivity index (χ1v) is 4.04. The molecule has 0 saturated carbocycles. The lowest BCUT2D eigenvalue weighted by molar-refractivity contribution is -0.118. The van der Waals surface area contributed by atoms with E-state index >= 15 is 0 Å². The van der Waals surface area contributed by atoms with E-state index in [2.05, 4.69) is 4.90 Å². The highest BCUT2D eigenvalue weighted by atomic mass is 16.5. The number of aldehydes is 1.